The Morgan fingerprint density at radius 2 is 1.95 bits per heavy atom. The van der Waals surface area contributed by atoms with Crippen molar-refractivity contribution < 1.29 is 9.15 Å². The van der Waals surface area contributed by atoms with E-state index in [0.717, 1.165) is 22.7 Å². The summed E-state index contributed by atoms with van der Waals surface area (Å²) in [6.07, 6.45) is 1.61. The fourth-order valence-electron chi connectivity index (χ4n) is 1.94. The molecule has 0 aliphatic rings. The highest BCUT2D eigenvalue weighted by atomic mass is 16.5. The number of hydrogen-bond donors (Lipinski definition) is 2. The van der Waals surface area contributed by atoms with Gasteiger partial charge in [0.15, 0.2) is 0 Å². The molecule has 21 heavy (non-hydrogen) atoms. The Morgan fingerprint density at radius 3 is 2.71 bits per heavy atom. The first-order valence-electron chi connectivity index (χ1n) is 6.47. The number of methoxy groups -OCH3 is 1. The van der Waals surface area contributed by atoms with Gasteiger partial charge in [-0.15, -0.1) is 0 Å². The lowest BCUT2D eigenvalue weighted by Crippen LogP contribution is -1.91. The summed E-state index contributed by atoms with van der Waals surface area (Å²) in [5.41, 5.74) is 8.90. The van der Waals surface area contributed by atoms with Gasteiger partial charge in [0.2, 0.25) is 0 Å². The van der Waals surface area contributed by atoms with Gasteiger partial charge in [0, 0.05) is 16.9 Å². The minimum absolute atomic E-state index is 0.428. The molecule has 2 aromatic carbocycles. The molecule has 3 aromatic rings. The van der Waals surface area contributed by atoms with E-state index in [4.69, 9.17) is 14.9 Å². The highest BCUT2D eigenvalue weighted by Crippen LogP contribution is 2.25. The van der Waals surface area contributed by atoms with Gasteiger partial charge in [-0.1, -0.05) is 12.1 Å². The number of nitrogen functional groups attached to an aromatic ring is 1. The number of nitrogens with two attached hydrogens (primary N) is 1. The number of rotatable bonds is 4. The molecule has 1 aromatic heterocycles. The van der Waals surface area contributed by atoms with Gasteiger partial charge in [-0.25, -0.2) is 0 Å². The molecule has 0 atom stereocenters. The third-order valence-electron chi connectivity index (χ3n) is 3.03. The second-order valence-electron chi connectivity index (χ2n) is 4.52. The van der Waals surface area contributed by atoms with Crippen molar-refractivity contribution in [2.75, 3.05) is 18.2 Å². The number of nitrogens with one attached hydrogen (secondary N) is 1. The van der Waals surface area contributed by atoms with E-state index >= 15 is 0 Å². The van der Waals surface area contributed by atoms with E-state index in [1.54, 1.807) is 13.4 Å². The first-order valence-corrected chi connectivity index (χ1v) is 6.47. The number of ether oxygens (including phenoxy) is 1. The van der Waals surface area contributed by atoms with E-state index < -0.39 is 0 Å². The van der Waals surface area contributed by atoms with Gasteiger partial charge >= 0.3 is 0 Å². The van der Waals surface area contributed by atoms with E-state index in [9.17, 15) is 0 Å². The monoisotopic (exact) mass is 281 g/mol. The minimum atomic E-state index is 0.428. The third-order valence-corrected chi connectivity index (χ3v) is 3.03. The van der Waals surface area contributed by atoms with Gasteiger partial charge in [-0.2, -0.15) is 4.98 Å². The average molecular weight is 281 g/mol. The summed E-state index contributed by atoms with van der Waals surface area (Å²) >= 11 is 0. The van der Waals surface area contributed by atoms with Crippen molar-refractivity contribution in [2.45, 2.75) is 0 Å². The molecule has 106 valence electrons. The Hall–Kier alpha value is -2.95. The molecule has 0 bridgehead atoms. The Kier molecular flexibility index (Phi) is 3.47. The summed E-state index contributed by atoms with van der Waals surface area (Å²) in [6, 6.07) is 15.4. The molecular formula is C16H15N3O2. The van der Waals surface area contributed by atoms with E-state index in [-0.39, 0.29) is 0 Å². The number of oxazole rings is 1. The van der Waals surface area contributed by atoms with Crippen LogP contribution in [0.3, 0.4) is 0 Å². The molecule has 0 amide bonds. The smallest absolute Gasteiger partial charge is 0.299 e. The van der Waals surface area contributed by atoms with Crippen LogP contribution in [0.2, 0.25) is 0 Å². The maximum atomic E-state index is 5.65. The van der Waals surface area contributed by atoms with Gasteiger partial charge < -0.3 is 20.2 Å². The first kappa shape index (κ1) is 13.1. The predicted octanol–water partition coefficient (Wildman–Crippen LogP) is 3.68. The van der Waals surface area contributed by atoms with E-state index in [1.807, 2.05) is 48.5 Å². The molecule has 5 heteroatoms. The number of anilines is 3. The van der Waals surface area contributed by atoms with Gasteiger partial charge in [-0.3, -0.25) is 0 Å². The largest absolute Gasteiger partial charge is 0.497 e. The van der Waals surface area contributed by atoms with Gasteiger partial charge in [0.1, 0.15) is 17.7 Å². The van der Waals surface area contributed by atoms with Crippen LogP contribution in [-0.4, -0.2) is 12.1 Å². The van der Waals surface area contributed by atoms with E-state index in [0.29, 0.717) is 11.7 Å². The SMILES string of the molecule is COc1cccc(-c2coc(Nc3ccc(N)cc3)n2)c1. The quantitative estimate of drug-likeness (QED) is 0.714. The topological polar surface area (TPSA) is 73.3 Å². The predicted molar refractivity (Wildman–Crippen MR) is 82.6 cm³/mol. The fourth-order valence-corrected chi connectivity index (χ4v) is 1.94. The second kappa shape index (κ2) is 5.58. The van der Waals surface area contributed by atoms with Crippen molar-refractivity contribution in [2.24, 2.45) is 0 Å². The molecular weight excluding hydrogens is 266 g/mol. The molecule has 0 spiro atoms. The van der Waals surface area contributed by atoms with Gasteiger partial charge in [0.05, 0.1) is 7.11 Å². The van der Waals surface area contributed by atoms with Crippen LogP contribution in [0.15, 0.2) is 59.2 Å². The van der Waals surface area contributed by atoms with Crippen molar-refractivity contribution >= 4 is 17.4 Å². The molecule has 0 saturated heterocycles. The van der Waals surface area contributed by atoms with Crippen LogP contribution in [-0.2, 0) is 0 Å². The molecule has 3 rings (SSSR count). The molecule has 1 heterocycles. The van der Waals surface area contributed by atoms with Crippen molar-refractivity contribution in [3.63, 3.8) is 0 Å². The zero-order chi connectivity index (χ0) is 14.7. The Labute approximate surface area is 122 Å². The van der Waals surface area contributed by atoms with Crippen molar-refractivity contribution in [1.29, 1.82) is 0 Å². The standard InChI is InChI=1S/C16H15N3O2/c1-20-14-4-2-3-11(9-14)15-10-21-16(19-15)18-13-7-5-12(17)6-8-13/h2-10H,17H2,1H3,(H,18,19). The normalized spacial score (nSPS) is 10.3. The molecule has 0 saturated carbocycles. The number of hydrogen-bond acceptors (Lipinski definition) is 5. The zero-order valence-electron chi connectivity index (χ0n) is 11.5. The molecule has 0 unspecified atom stereocenters. The highest BCUT2D eigenvalue weighted by Gasteiger charge is 2.07. The van der Waals surface area contributed by atoms with Crippen LogP contribution >= 0.6 is 0 Å². The Bertz CT molecular complexity index is 735. The maximum Gasteiger partial charge on any atom is 0.299 e. The molecule has 5 nitrogen and oxygen atoms in total. The third kappa shape index (κ3) is 2.97. The number of benzene rings is 2. The Morgan fingerprint density at radius 1 is 1.14 bits per heavy atom. The van der Waals surface area contributed by atoms with Gasteiger partial charge in [-0.05, 0) is 36.4 Å². The zero-order valence-corrected chi connectivity index (χ0v) is 11.5. The van der Waals surface area contributed by atoms with Crippen LogP contribution < -0.4 is 15.8 Å². The summed E-state index contributed by atoms with van der Waals surface area (Å²) in [7, 11) is 1.63. The summed E-state index contributed by atoms with van der Waals surface area (Å²) < 4.78 is 10.6. The maximum absolute atomic E-state index is 5.65. The number of aromatic nitrogens is 1. The molecule has 0 aliphatic carbocycles. The second-order valence-corrected chi connectivity index (χ2v) is 4.52. The fraction of sp³-hybridized carbons (Fsp3) is 0.0625. The molecule has 3 N–H and O–H groups in total. The van der Waals surface area contributed by atoms with Crippen LogP contribution in [0.25, 0.3) is 11.3 Å². The average Bonchev–Trinajstić information content (AvgIpc) is 2.98. The summed E-state index contributed by atoms with van der Waals surface area (Å²) in [4.78, 5) is 4.41. The lowest BCUT2D eigenvalue weighted by Gasteiger charge is -2.02. The molecule has 0 radical (unpaired) electrons. The first-order chi connectivity index (χ1) is 10.2. The van der Waals surface area contributed by atoms with E-state index in [1.165, 1.54) is 0 Å². The van der Waals surface area contributed by atoms with Crippen LogP contribution in [0.1, 0.15) is 0 Å². The molecule has 0 aliphatic heterocycles. The highest BCUT2D eigenvalue weighted by molar-refractivity contribution is 5.63. The van der Waals surface area contributed by atoms with Crippen LogP contribution in [0, 0.1) is 0 Å². The van der Waals surface area contributed by atoms with Gasteiger partial charge in [0.25, 0.3) is 6.01 Å². The summed E-state index contributed by atoms with van der Waals surface area (Å²) in [5, 5.41) is 3.09. The van der Waals surface area contributed by atoms with E-state index in [2.05, 4.69) is 10.3 Å². The van der Waals surface area contributed by atoms with Crippen LogP contribution in [0.4, 0.5) is 17.4 Å². The summed E-state index contributed by atoms with van der Waals surface area (Å²) in [6.45, 7) is 0. The van der Waals surface area contributed by atoms with Crippen molar-refractivity contribution in [3.05, 3.63) is 54.8 Å². The van der Waals surface area contributed by atoms with Crippen molar-refractivity contribution in [1.82, 2.24) is 4.98 Å². The minimum Gasteiger partial charge on any atom is -0.497 e. The van der Waals surface area contributed by atoms with Crippen LogP contribution in [0.5, 0.6) is 5.75 Å². The lowest BCUT2D eigenvalue weighted by molar-refractivity contribution is 0.415. The summed E-state index contributed by atoms with van der Waals surface area (Å²) in [5.74, 6) is 0.781. The lowest BCUT2D eigenvalue weighted by atomic mass is 10.2. The number of nitrogens with zero attached hydrogens (tertiary/aromatic N) is 1. The Balaban J connectivity index is 1.81. The molecule has 0 fully saturated rings. The van der Waals surface area contributed by atoms with Crippen molar-refractivity contribution in [3.8, 4) is 17.0 Å².